The van der Waals surface area contributed by atoms with Crippen LogP contribution >= 0.6 is 0 Å². The first kappa shape index (κ1) is 8.92. The predicted octanol–water partition coefficient (Wildman–Crippen LogP) is 1.01. The van der Waals surface area contributed by atoms with Crippen molar-refractivity contribution in [3.05, 3.63) is 0 Å². The maximum atomic E-state index is 5.71. The third-order valence-electron chi connectivity index (χ3n) is 1.73. The third-order valence-corrected chi connectivity index (χ3v) is 1.73. The second-order valence-corrected chi connectivity index (χ2v) is 2.50. The highest BCUT2D eigenvalue weighted by Crippen LogP contribution is 2.04. The molecule has 0 aromatic rings. The van der Waals surface area contributed by atoms with E-state index in [4.69, 9.17) is 10.5 Å². The molecule has 0 radical (unpaired) electrons. The summed E-state index contributed by atoms with van der Waals surface area (Å²) in [7, 11) is 1.68. The van der Waals surface area contributed by atoms with Crippen LogP contribution in [0.3, 0.4) is 0 Å². The van der Waals surface area contributed by atoms with Crippen LogP contribution in [0, 0.1) is 5.92 Å². The summed E-state index contributed by atoms with van der Waals surface area (Å²) in [6, 6.07) is 0.208. The minimum Gasteiger partial charge on any atom is -0.383 e. The van der Waals surface area contributed by atoms with E-state index in [0.29, 0.717) is 12.5 Å². The summed E-state index contributed by atoms with van der Waals surface area (Å²) in [4.78, 5) is 0. The summed E-state index contributed by atoms with van der Waals surface area (Å²) < 4.78 is 4.90. The van der Waals surface area contributed by atoms with Gasteiger partial charge in [-0.3, -0.25) is 0 Å². The molecule has 0 aliphatic rings. The molecular formula is C7H17NO. The van der Waals surface area contributed by atoms with Gasteiger partial charge in [0.05, 0.1) is 6.61 Å². The van der Waals surface area contributed by atoms with Gasteiger partial charge in [0.2, 0.25) is 0 Å². The highest BCUT2D eigenvalue weighted by molar-refractivity contribution is 4.65. The fourth-order valence-electron chi connectivity index (χ4n) is 0.659. The summed E-state index contributed by atoms with van der Waals surface area (Å²) in [6.07, 6.45) is 1.13. The van der Waals surface area contributed by atoms with E-state index in [9.17, 15) is 0 Å². The van der Waals surface area contributed by atoms with Crippen LogP contribution in [0.4, 0.5) is 0 Å². The van der Waals surface area contributed by atoms with Gasteiger partial charge in [0.25, 0.3) is 0 Å². The molecule has 2 heteroatoms. The van der Waals surface area contributed by atoms with Gasteiger partial charge < -0.3 is 10.5 Å². The molecule has 9 heavy (non-hydrogen) atoms. The normalized spacial score (nSPS) is 17.3. The zero-order valence-corrected chi connectivity index (χ0v) is 6.55. The Kier molecular flexibility index (Phi) is 4.72. The van der Waals surface area contributed by atoms with E-state index in [0.717, 1.165) is 6.42 Å². The minimum atomic E-state index is 0.208. The van der Waals surface area contributed by atoms with Crippen molar-refractivity contribution >= 4 is 0 Å². The van der Waals surface area contributed by atoms with Crippen LogP contribution in [-0.2, 0) is 4.74 Å². The first-order valence-corrected chi connectivity index (χ1v) is 3.46. The van der Waals surface area contributed by atoms with Crippen molar-refractivity contribution in [2.24, 2.45) is 11.7 Å². The van der Waals surface area contributed by atoms with E-state index in [2.05, 4.69) is 13.8 Å². The lowest BCUT2D eigenvalue weighted by molar-refractivity contribution is 0.159. The molecule has 0 aliphatic carbocycles. The van der Waals surface area contributed by atoms with Gasteiger partial charge in [0.15, 0.2) is 0 Å². The number of ether oxygens (including phenoxy) is 1. The number of rotatable bonds is 4. The maximum Gasteiger partial charge on any atom is 0.0616 e. The monoisotopic (exact) mass is 131 g/mol. The summed E-state index contributed by atoms with van der Waals surface area (Å²) in [5.74, 6) is 0.574. The van der Waals surface area contributed by atoms with E-state index in [-0.39, 0.29) is 6.04 Å². The van der Waals surface area contributed by atoms with Gasteiger partial charge in [0, 0.05) is 13.2 Å². The molecule has 2 atom stereocenters. The first-order chi connectivity index (χ1) is 4.22. The van der Waals surface area contributed by atoms with Crippen LogP contribution in [0.15, 0.2) is 0 Å². The maximum absolute atomic E-state index is 5.71. The number of hydrogen-bond acceptors (Lipinski definition) is 2. The van der Waals surface area contributed by atoms with Gasteiger partial charge in [-0.15, -0.1) is 0 Å². The smallest absolute Gasteiger partial charge is 0.0616 e. The molecular weight excluding hydrogens is 114 g/mol. The summed E-state index contributed by atoms with van der Waals surface area (Å²) in [6.45, 7) is 4.96. The zero-order valence-electron chi connectivity index (χ0n) is 6.55. The zero-order chi connectivity index (χ0) is 7.28. The average Bonchev–Trinajstić information content (AvgIpc) is 1.87. The Morgan fingerprint density at radius 2 is 2.11 bits per heavy atom. The lowest BCUT2D eigenvalue weighted by Gasteiger charge is -2.16. The molecule has 0 aromatic carbocycles. The van der Waals surface area contributed by atoms with Crippen LogP contribution in [0.2, 0.25) is 0 Å². The van der Waals surface area contributed by atoms with Gasteiger partial charge in [-0.05, 0) is 5.92 Å². The number of hydrogen-bond donors (Lipinski definition) is 1. The van der Waals surface area contributed by atoms with Crippen LogP contribution in [0.1, 0.15) is 20.3 Å². The van der Waals surface area contributed by atoms with E-state index in [1.165, 1.54) is 0 Å². The lowest BCUT2D eigenvalue weighted by atomic mass is 10.0. The molecule has 0 fully saturated rings. The highest BCUT2D eigenvalue weighted by Gasteiger charge is 2.08. The Balaban J connectivity index is 3.32. The molecule has 0 saturated carbocycles. The SMILES string of the molecule is CC[C@@H](C)[C@H](N)COC. The molecule has 0 rings (SSSR count). The number of nitrogens with two attached hydrogens (primary N) is 1. The molecule has 2 nitrogen and oxygen atoms in total. The molecule has 2 N–H and O–H groups in total. The second kappa shape index (κ2) is 4.77. The fourth-order valence-corrected chi connectivity index (χ4v) is 0.659. The minimum absolute atomic E-state index is 0.208. The van der Waals surface area contributed by atoms with Gasteiger partial charge in [-0.1, -0.05) is 20.3 Å². The Morgan fingerprint density at radius 1 is 1.56 bits per heavy atom. The van der Waals surface area contributed by atoms with E-state index < -0.39 is 0 Å². The molecule has 0 amide bonds. The largest absolute Gasteiger partial charge is 0.383 e. The van der Waals surface area contributed by atoms with E-state index >= 15 is 0 Å². The van der Waals surface area contributed by atoms with Crippen molar-refractivity contribution in [2.45, 2.75) is 26.3 Å². The summed E-state index contributed by atoms with van der Waals surface area (Å²) >= 11 is 0. The molecule has 0 bridgehead atoms. The van der Waals surface area contributed by atoms with E-state index in [1.54, 1.807) is 7.11 Å². The summed E-state index contributed by atoms with van der Waals surface area (Å²) in [5, 5.41) is 0. The van der Waals surface area contributed by atoms with Gasteiger partial charge >= 0.3 is 0 Å². The average molecular weight is 131 g/mol. The highest BCUT2D eigenvalue weighted by atomic mass is 16.5. The molecule has 0 unspecified atom stereocenters. The predicted molar refractivity (Wildman–Crippen MR) is 39.3 cm³/mol. The van der Waals surface area contributed by atoms with Crippen molar-refractivity contribution in [1.82, 2.24) is 0 Å². The Morgan fingerprint density at radius 3 is 2.44 bits per heavy atom. The van der Waals surface area contributed by atoms with Crippen LogP contribution in [-0.4, -0.2) is 19.8 Å². The molecule has 0 spiro atoms. The number of methoxy groups -OCH3 is 1. The standard InChI is InChI=1S/C7H17NO/c1-4-6(2)7(8)5-9-3/h6-7H,4-5,8H2,1-3H3/t6-,7-/m1/s1. The fraction of sp³-hybridized carbons (Fsp3) is 1.00. The van der Waals surface area contributed by atoms with Crippen LogP contribution in [0.5, 0.6) is 0 Å². The van der Waals surface area contributed by atoms with Crippen molar-refractivity contribution < 1.29 is 4.74 Å². The Bertz CT molecular complexity index is 65.9. The lowest BCUT2D eigenvalue weighted by Crippen LogP contribution is -2.32. The molecule has 0 saturated heterocycles. The van der Waals surface area contributed by atoms with Crippen molar-refractivity contribution in [2.75, 3.05) is 13.7 Å². The first-order valence-electron chi connectivity index (χ1n) is 3.46. The second-order valence-electron chi connectivity index (χ2n) is 2.50. The molecule has 56 valence electrons. The van der Waals surface area contributed by atoms with Crippen molar-refractivity contribution in [3.8, 4) is 0 Å². The van der Waals surface area contributed by atoms with E-state index in [1.807, 2.05) is 0 Å². The van der Waals surface area contributed by atoms with Gasteiger partial charge in [-0.25, -0.2) is 0 Å². The molecule has 0 heterocycles. The van der Waals surface area contributed by atoms with Gasteiger partial charge in [-0.2, -0.15) is 0 Å². The van der Waals surface area contributed by atoms with Crippen LogP contribution in [0.25, 0.3) is 0 Å². The quantitative estimate of drug-likeness (QED) is 0.618. The van der Waals surface area contributed by atoms with Crippen molar-refractivity contribution in [3.63, 3.8) is 0 Å². The molecule has 0 aromatic heterocycles. The molecule has 0 aliphatic heterocycles. The Hall–Kier alpha value is -0.0800. The van der Waals surface area contributed by atoms with Crippen molar-refractivity contribution in [1.29, 1.82) is 0 Å². The summed E-state index contributed by atoms with van der Waals surface area (Å²) in [5.41, 5.74) is 5.71. The van der Waals surface area contributed by atoms with Gasteiger partial charge in [0.1, 0.15) is 0 Å². The topological polar surface area (TPSA) is 35.2 Å². The third kappa shape index (κ3) is 3.49. The van der Waals surface area contributed by atoms with Crippen LogP contribution < -0.4 is 5.73 Å². The Labute approximate surface area is 57.4 Å².